The third kappa shape index (κ3) is 2.26. The Bertz CT molecular complexity index is 480. The lowest BCUT2D eigenvalue weighted by atomic mass is 9.81. The van der Waals surface area contributed by atoms with Crippen molar-refractivity contribution in [2.75, 3.05) is 14.2 Å². The highest BCUT2D eigenvalue weighted by molar-refractivity contribution is 5.42. The van der Waals surface area contributed by atoms with E-state index in [-0.39, 0.29) is 6.04 Å². The second-order valence-corrected chi connectivity index (χ2v) is 5.53. The number of hydrogen-bond donors (Lipinski definition) is 2. The Morgan fingerprint density at radius 3 is 2.70 bits per heavy atom. The predicted octanol–water partition coefficient (Wildman–Crippen LogP) is 1.78. The van der Waals surface area contributed by atoms with Gasteiger partial charge < -0.3 is 14.2 Å². The molecule has 0 spiro atoms. The maximum absolute atomic E-state index is 5.95. The Balaban J connectivity index is 1.92. The van der Waals surface area contributed by atoms with Gasteiger partial charge in [0.05, 0.1) is 32.5 Å². The molecule has 2 bridgehead atoms. The van der Waals surface area contributed by atoms with Gasteiger partial charge in [0.2, 0.25) is 0 Å². The molecule has 2 aliphatic rings. The number of nitrogens with two attached hydrogens (primary N) is 1. The molecule has 3 N–H and O–H groups in total. The van der Waals surface area contributed by atoms with Crippen molar-refractivity contribution < 1.29 is 14.2 Å². The lowest BCUT2D eigenvalue weighted by Crippen LogP contribution is -2.37. The van der Waals surface area contributed by atoms with Crippen LogP contribution in [0.25, 0.3) is 0 Å². The van der Waals surface area contributed by atoms with Gasteiger partial charge in [-0.15, -0.1) is 0 Å². The van der Waals surface area contributed by atoms with Crippen LogP contribution in [0.2, 0.25) is 0 Å². The Morgan fingerprint density at radius 2 is 2.15 bits per heavy atom. The molecule has 1 aromatic rings. The number of fused-ring (bicyclic) bond motifs is 2. The van der Waals surface area contributed by atoms with Gasteiger partial charge in [0.25, 0.3) is 0 Å². The molecular weight excluding hydrogens is 256 g/mol. The van der Waals surface area contributed by atoms with E-state index in [0.717, 1.165) is 29.9 Å². The molecule has 0 saturated carbocycles. The zero-order valence-corrected chi connectivity index (χ0v) is 12.0. The molecule has 0 aliphatic carbocycles. The van der Waals surface area contributed by atoms with E-state index in [0.29, 0.717) is 18.1 Å². The molecule has 4 unspecified atom stereocenters. The first-order valence-corrected chi connectivity index (χ1v) is 7.10. The van der Waals surface area contributed by atoms with Crippen molar-refractivity contribution in [3.8, 4) is 11.5 Å². The van der Waals surface area contributed by atoms with Gasteiger partial charge in [-0.05, 0) is 37.5 Å². The first kappa shape index (κ1) is 13.7. The second-order valence-electron chi connectivity index (χ2n) is 5.53. The molecule has 2 saturated heterocycles. The monoisotopic (exact) mass is 278 g/mol. The zero-order valence-electron chi connectivity index (χ0n) is 12.0. The number of nitrogens with one attached hydrogen (secondary N) is 1. The van der Waals surface area contributed by atoms with E-state index in [9.17, 15) is 0 Å². The van der Waals surface area contributed by atoms with Crippen molar-refractivity contribution in [2.24, 2.45) is 11.8 Å². The van der Waals surface area contributed by atoms with Crippen LogP contribution in [0.15, 0.2) is 18.2 Å². The quantitative estimate of drug-likeness (QED) is 0.635. The largest absolute Gasteiger partial charge is 0.497 e. The van der Waals surface area contributed by atoms with E-state index in [1.54, 1.807) is 14.2 Å². The number of ether oxygens (including phenoxy) is 3. The summed E-state index contributed by atoms with van der Waals surface area (Å²) in [6.45, 7) is 0. The highest BCUT2D eigenvalue weighted by Gasteiger charge is 2.45. The molecule has 20 heavy (non-hydrogen) atoms. The number of benzene rings is 1. The SMILES string of the molecule is COc1ccc(OC)c(C(NN)C2CC3CCC2O3)c1. The van der Waals surface area contributed by atoms with Crippen LogP contribution in [0.1, 0.15) is 30.9 Å². The lowest BCUT2D eigenvalue weighted by molar-refractivity contribution is 0.0854. The summed E-state index contributed by atoms with van der Waals surface area (Å²) in [5.41, 5.74) is 3.99. The summed E-state index contributed by atoms with van der Waals surface area (Å²) in [5.74, 6) is 7.86. The third-order valence-electron chi connectivity index (χ3n) is 4.53. The van der Waals surface area contributed by atoms with Crippen LogP contribution in [-0.2, 0) is 4.74 Å². The van der Waals surface area contributed by atoms with E-state index < -0.39 is 0 Å². The number of hydrogen-bond acceptors (Lipinski definition) is 5. The van der Waals surface area contributed by atoms with Crippen LogP contribution in [0, 0.1) is 5.92 Å². The van der Waals surface area contributed by atoms with Crippen LogP contribution in [-0.4, -0.2) is 26.4 Å². The molecule has 0 amide bonds. The summed E-state index contributed by atoms with van der Waals surface area (Å²) in [4.78, 5) is 0. The highest BCUT2D eigenvalue weighted by atomic mass is 16.5. The summed E-state index contributed by atoms with van der Waals surface area (Å²) in [6.07, 6.45) is 4.06. The minimum Gasteiger partial charge on any atom is -0.497 e. The van der Waals surface area contributed by atoms with Gasteiger partial charge in [-0.2, -0.15) is 0 Å². The zero-order chi connectivity index (χ0) is 14.1. The molecule has 4 atom stereocenters. The highest BCUT2D eigenvalue weighted by Crippen LogP contribution is 2.46. The van der Waals surface area contributed by atoms with Crippen LogP contribution in [0.4, 0.5) is 0 Å². The van der Waals surface area contributed by atoms with E-state index >= 15 is 0 Å². The van der Waals surface area contributed by atoms with Crippen molar-refractivity contribution in [3.05, 3.63) is 23.8 Å². The van der Waals surface area contributed by atoms with Gasteiger partial charge >= 0.3 is 0 Å². The van der Waals surface area contributed by atoms with Crippen LogP contribution in [0.5, 0.6) is 11.5 Å². The van der Waals surface area contributed by atoms with Gasteiger partial charge in [-0.25, -0.2) is 0 Å². The smallest absolute Gasteiger partial charge is 0.123 e. The molecule has 0 aromatic heterocycles. The fourth-order valence-electron chi connectivity index (χ4n) is 3.55. The van der Waals surface area contributed by atoms with Crippen molar-refractivity contribution in [1.29, 1.82) is 0 Å². The molecule has 5 heteroatoms. The maximum Gasteiger partial charge on any atom is 0.123 e. The summed E-state index contributed by atoms with van der Waals surface area (Å²) >= 11 is 0. The van der Waals surface area contributed by atoms with Gasteiger partial charge in [0.15, 0.2) is 0 Å². The molecule has 2 heterocycles. The van der Waals surface area contributed by atoms with Crippen LogP contribution < -0.4 is 20.7 Å². The van der Waals surface area contributed by atoms with Crippen LogP contribution in [0.3, 0.4) is 0 Å². The standard InChI is InChI=1S/C15H22N2O3/c1-18-9-3-5-13(19-2)11(7-9)15(17-16)12-8-10-4-6-14(12)20-10/h3,5,7,10,12,14-15,17H,4,6,8,16H2,1-2H3. The van der Waals surface area contributed by atoms with Crippen molar-refractivity contribution in [3.63, 3.8) is 0 Å². The van der Waals surface area contributed by atoms with Crippen LogP contribution >= 0.6 is 0 Å². The molecule has 5 nitrogen and oxygen atoms in total. The first-order chi connectivity index (χ1) is 9.76. The molecule has 0 radical (unpaired) electrons. The Morgan fingerprint density at radius 1 is 1.30 bits per heavy atom. The number of methoxy groups -OCH3 is 2. The molecule has 2 aliphatic heterocycles. The molecule has 3 rings (SSSR count). The first-order valence-electron chi connectivity index (χ1n) is 7.10. The topological polar surface area (TPSA) is 65.7 Å². The second kappa shape index (κ2) is 5.60. The van der Waals surface area contributed by atoms with Crippen molar-refractivity contribution in [2.45, 2.75) is 37.5 Å². The fraction of sp³-hybridized carbons (Fsp3) is 0.600. The molecular formula is C15H22N2O3. The number of hydrazine groups is 1. The van der Waals surface area contributed by atoms with E-state index in [2.05, 4.69) is 5.43 Å². The van der Waals surface area contributed by atoms with Crippen molar-refractivity contribution >= 4 is 0 Å². The predicted molar refractivity (Wildman–Crippen MR) is 75.6 cm³/mol. The normalized spacial score (nSPS) is 29.4. The summed E-state index contributed by atoms with van der Waals surface area (Å²) in [5, 5.41) is 0. The lowest BCUT2D eigenvalue weighted by Gasteiger charge is -2.29. The van der Waals surface area contributed by atoms with E-state index in [1.807, 2.05) is 18.2 Å². The van der Waals surface area contributed by atoms with E-state index in [4.69, 9.17) is 20.1 Å². The minimum absolute atomic E-state index is 0.0235. The van der Waals surface area contributed by atoms with Crippen molar-refractivity contribution in [1.82, 2.24) is 5.43 Å². The average Bonchev–Trinajstić information content (AvgIpc) is 3.11. The van der Waals surface area contributed by atoms with Gasteiger partial charge in [-0.1, -0.05) is 0 Å². The minimum atomic E-state index is 0.0235. The third-order valence-corrected chi connectivity index (χ3v) is 4.53. The Kier molecular flexibility index (Phi) is 3.83. The fourth-order valence-corrected chi connectivity index (χ4v) is 3.55. The number of rotatable bonds is 5. The van der Waals surface area contributed by atoms with E-state index in [1.165, 1.54) is 6.42 Å². The Hall–Kier alpha value is -1.30. The Labute approximate surface area is 119 Å². The molecule has 1 aromatic carbocycles. The molecule has 2 fully saturated rings. The summed E-state index contributed by atoms with van der Waals surface area (Å²) < 4.78 is 16.7. The summed E-state index contributed by atoms with van der Waals surface area (Å²) in [7, 11) is 3.34. The van der Waals surface area contributed by atoms with Gasteiger partial charge in [-0.3, -0.25) is 11.3 Å². The summed E-state index contributed by atoms with van der Waals surface area (Å²) in [6, 6.07) is 5.84. The van der Waals surface area contributed by atoms with Gasteiger partial charge in [0.1, 0.15) is 11.5 Å². The maximum atomic E-state index is 5.95. The molecule has 110 valence electrons. The average molecular weight is 278 g/mol. The van der Waals surface area contributed by atoms with Gasteiger partial charge in [0, 0.05) is 11.5 Å².